The highest BCUT2D eigenvalue weighted by Gasteiger charge is 2.17. The summed E-state index contributed by atoms with van der Waals surface area (Å²) in [6.45, 7) is 0. The number of fused-ring (bicyclic) bond motifs is 3. The van der Waals surface area contributed by atoms with Gasteiger partial charge in [0.15, 0.2) is 5.78 Å². The molecule has 0 unspecified atom stereocenters. The lowest BCUT2D eigenvalue weighted by atomic mass is 10.0. The van der Waals surface area contributed by atoms with E-state index < -0.39 is 0 Å². The third kappa shape index (κ3) is 0.819. The number of aromatic nitrogens is 5. The molecule has 0 radical (unpaired) electrons. The van der Waals surface area contributed by atoms with E-state index in [4.69, 9.17) is 0 Å². The standard InChI is InChI=1S/C8H5N5O/c14-7-3-1-2-6-5(7)4-9-8-10-11-12-13(6)8/h1-2,4H,3H2. The molecule has 0 bridgehead atoms. The Kier molecular flexibility index (Phi) is 1.27. The van der Waals surface area contributed by atoms with Crippen molar-refractivity contribution >= 4 is 17.6 Å². The van der Waals surface area contributed by atoms with Gasteiger partial charge < -0.3 is 0 Å². The number of allylic oxidation sites excluding steroid dienone is 1. The van der Waals surface area contributed by atoms with Gasteiger partial charge in [0.2, 0.25) is 0 Å². The van der Waals surface area contributed by atoms with E-state index in [1.807, 2.05) is 6.08 Å². The summed E-state index contributed by atoms with van der Waals surface area (Å²) in [7, 11) is 0. The van der Waals surface area contributed by atoms with Gasteiger partial charge in [-0.25, -0.2) is 4.98 Å². The molecule has 0 spiro atoms. The molecule has 6 nitrogen and oxygen atoms in total. The monoisotopic (exact) mass is 187 g/mol. The van der Waals surface area contributed by atoms with E-state index in [-0.39, 0.29) is 5.78 Å². The van der Waals surface area contributed by atoms with Crippen LogP contribution in [0.2, 0.25) is 0 Å². The zero-order valence-corrected chi connectivity index (χ0v) is 7.08. The maximum absolute atomic E-state index is 11.5. The van der Waals surface area contributed by atoms with Gasteiger partial charge in [-0.05, 0) is 16.5 Å². The van der Waals surface area contributed by atoms with Crippen LogP contribution < -0.4 is 0 Å². The number of rotatable bonds is 0. The molecule has 0 aromatic carbocycles. The normalized spacial score (nSPS) is 14.7. The average Bonchev–Trinajstić information content (AvgIpc) is 2.66. The molecule has 0 aliphatic heterocycles. The molecule has 14 heavy (non-hydrogen) atoms. The van der Waals surface area contributed by atoms with Crippen LogP contribution in [0.4, 0.5) is 0 Å². The number of carbonyl (C=O) groups excluding carboxylic acids is 1. The molecule has 2 aromatic heterocycles. The van der Waals surface area contributed by atoms with Crippen molar-refractivity contribution in [1.82, 2.24) is 25.0 Å². The Morgan fingerprint density at radius 2 is 2.36 bits per heavy atom. The molecule has 0 N–H and O–H groups in total. The zero-order chi connectivity index (χ0) is 9.54. The molecule has 0 atom stereocenters. The van der Waals surface area contributed by atoms with E-state index in [0.717, 1.165) is 0 Å². The van der Waals surface area contributed by atoms with E-state index >= 15 is 0 Å². The summed E-state index contributed by atoms with van der Waals surface area (Å²) in [6, 6.07) is 0. The number of carbonyl (C=O) groups is 1. The van der Waals surface area contributed by atoms with Gasteiger partial charge >= 0.3 is 0 Å². The maximum atomic E-state index is 11.5. The predicted molar refractivity (Wildman–Crippen MR) is 46.6 cm³/mol. The van der Waals surface area contributed by atoms with Crippen LogP contribution in [0.1, 0.15) is 22.5 Å². The molecule has 2 aromatic rings. The zero-order valence-electron chi connectivity index (χ0n) is 7.08. The predicted octanol–water partition coefficient (Wildman–Crippen LogP) is 0.119. The van der Waals surface area contributed by atoms with Gasteiger partial charge in [0.1, 0.15) is 0 Å². The minimum atomic E-state index is 0.0485. The van der Waals surface area contributed by atoms with Crippen molar-refractivity contribution in [2.75, 3.05) is 0 Å². The summed E-state index contributed by atoms with van der Waals surface area (Å²) in [5, 5.41) is 10.9. The van der Waals surface area contributed by atoms with Crippen LogP contribution in [0, 0.1) is 0 Å². The van der Waals surface area contributed by atoms with Crippen LogP contribution in [-0.2, 0) is 0 Å². The lowest BCUT2D eigenvalue weighted by Gasteiger charge is -2.07. The lowest BCUT2D eigenvalue weighted by molar-refractivity contribution is 0.0993. The summed E-state index contributed by atoms with van der Waals surface area (Å²) in [6.07, 6.45) is 5.57. The summed E-state index contributed by atoms with van der Waals surface area (Å²) in [4.78, 5) is 15.5. The Labute approximate surface area is 78.3 Å². The van der Waals surface area contributed by atoms with Crippen molar-refractivity contribution in [1.29, 1.82) is 0 Å². The van der Waals surface area contributed by atoms with E-state index in [0.29, 0.717) is 23.5 Å². The minimum Gasteiger partial charge on any atom is -0.294 e. The molecule has 3 rings (SSSR count). The van der Waals surface area contributed by atoms with Crippen molar-refractivity contribution in [3.05, 3.63) is 23.5 Å². The second kappa shape index (κ2) is 2.44. The van der Waals surface area contributed by atoms with Crippen LogP contribution in [0.3, 0.4) is 0 Å². The van der Waals surface area contributed by atoms with Gasteiger partial charge in [0, 0.05) is 12.6 Å². The van der Waals surface area contributed by atoms with E-state index in [1.165, 1.54) is 10.7 Å². The fourth-order valence-electron chi connectivity index (χ4n) is 1.48. The summed E-state index contributed by atoms with van der Waals surface area (Å²) >= 11 is 0. The first-order chi connectivity index (χ1) is 6.86. The molecule has 0 saturated heterocycles. The Hall–Kier alpha value is -2.11. The highest BCUT2D eigenvalue weighted by molar-refractivity contribution is 6.02. The molecule has 68 valence electrons. The smallest absolute Gasteiger partial charge is 0.273 e. The Bertz CT molecular complexity index is 556. The molecule has 0 amide bonds. The lowest BCUT2D eigenvalue weighted by Crippen LogP contribution is -2.10. The number of Topliss-reactive ketones (excluding diaryl/α,β-unsaturated/α-hetero) is 1. The molecule has 1 aliphatic carbocycles. The van der Waals surface area contributed by atoms with E-state index in [1.54, 1.807) is 6.08 Å². The highest BCUT2D eigenvalue weighted by Crippen LogP contribution is 2.17. The minimum absolute atomic E-state index is 0.0485. The van der Waals surface area contributed by atoms with Crippen molar-refractivity contribution in [2.24, 2.45) is 0 Å². The van der Waals surface area contributed by atoms with Crippen molar-refractivity contribution in [2.45, 2.75) is 6.42 Å². The highest BCUT2D eigenvalue weighted by atomic mass is 16.1. The number of hydrogen-bond donors (Lipinski definition) is 0. The number of nitrogens with zero attached hydrogens (tertiary/aromatic N) is 5. The van der Waals surface area contributed by atoms with Crippen molar-refractivity contribution in [3.63, 3.8) is 0 Å². The van der Waals surface area contributed by atoms with Crippen LogP contribution in [0.25, 0.3) is 11.9 Å². The first-order valence-corrected chi connectivity index (χ1v) is 4.13. The largest absolute Gasteiger partial charge is 0.294 e. The third-order valence-corrected chi connectivity index (χ3v) is 2.15. The molecule has 1 aliphatic rings. The molecule has 0 fully saturated rings. The quantitative estimate of drug-likeness (QED) is 0.585. The Morgan fingerprint density at radius 3 is 3.29 bits per heavy atom. The average molecular weight is 187 g/mol. The van der Waals surface area contributed by atoms with E-state index in [9.17, 15) is 4.79 Å². The second-order valence-electron chi connectivity index (χ2n) is 2.98. The van der Waals surface area contributed by atoms with Gasteiger partial charge in [0.25, 0.3) is 5.78 Å². The van der Waals surface area contributed by atoms with Crippen LogP contribution in [0.15, 0.2) is 12.3 Å². The molecule has 6 heteroatoms. The molecular formula is C8H5N5O. The van der Waals surface area contributed by atoms with Gasteiger partial charge in [-0.15, -0.1) is 0 Å². The summed E-state index contributed by atoms with van der Waals surface area (Å²) in [5.74, 6) is 0.454. The molecule has 0 saturated carbocycles. The second-order valence-corrected chi connectivity index (χ2v) is 2.98. The molecule has 2 heterocycles. The van der Waals surface area contributed by atoms with Crippen molar-refractivity contribution in [3.8, 4) is 0 Å². The Morgan fingerprint density at radius 1 is 1.43 bits per heavy atom. The van der Waals surface area contributed by atoms with Gasteiger partial charge in [-0.3, -0.25) is 4.79 Å². The van der Waals surface area contributed by atoms with E-state index in [2.05, 4.69) is 20.5 Å². The molecular weight excluding hydrogens is 182 g/mol. The first-order valence-electron chi connectivity index (χ1n) is 4.13. The van der Waals surface area contributed by atoms with Crippen LogP contribution >= 0.6 is 0 Å². The fourth-order valence-corrected chi connectivity index (χ4v) is 1.48. The van der Waals surface area contributed by atoms with Gasteiger partial charge in [-0.1, -0.05) is 11.2 Å². The fraction of sp³-hybridized carbons (Fsp3) is 0.125. The van der Waals surface area contributed by atoms with Crippen LogP contribution in [0.5, 0.6) is 0 Å². The first kappa shape index (κ1) is 7.31. The third-order valence-electron chi connectivity index (χ3n) is 2.15. The topological polar surface area (TPSA) is 73.0 Å². The number of hydrogen-bond acceptors (Lipinski definition) is 5. The van der Waals surface area contributed by atoms with Crippen LogP contribution in [-0.4, -0.2) is 30.8 Å². The van der Waals surface area contributed by atoms with Gasteiger partial charge in [0.05, 0.1) is 11.3 Å². The number of ketones is 1. The maximum Gasteiger partial charge on any atom is 0.273 e. The SMILES string of the molecule is O=C1CC=Cc2c1cnc1nnnn21. The number of tetrazole rings is 1. The van der Waals surface area contributed by atoms with Gasteiger partial charge in [-0.2, -0.15) is 4.52 Å². The Balaban J connectivity index is 2.45. The van der Waals surface area contributed by atoms with Crippen molar-refractivity contribution < 1.29 is 4.79 Å². The summed E-state index contributed by atoms with van der Waals surface area (Å²) < 4.78 is 1.46. The summed E-state index contributed by atoms with van der Waals surface area (Å²) in [5.41, 5.74) is 1.28.